The second-order valence-corrected chi connectivity index (χ2v) is 9.04. The number of anilines is 2. The molecule has 2 aliphatic heterocycles. The molecule has 0 aromatic heterocycles. The predicted octanol–water partition coefficient (Wildman–Crippen LogP) is 5.89. The molecule has 5 rings (SSSR count). The molecule has 0 spiro atoms. The van der Waals surface area contributed by atoms with E-state index in [0.717, 1.165) is 0 Å². The van der Waals surface area contributed by atoms with Crippen molar-refractivity contribution in [1.29, 1.82) is 0 Å². The van der Waals surface area contributed by atoms with Gasteiger partial charge in [-0.05, 0) is 55.9 Å². The highest BCUT2D eigenvalue weighted by Gasteiger charge is 2.57. The number of fused-ring (bicyclic) bond motifs is 3. The molecule has 27 heavy (non-hydrogen) atoms. The summed E-state index contributed by atoms with van der Waals surface area (Å²) >= 11 is 0. The summed E-state index contributed by atoms with van der Waals surface area (Å²) in [5.41, 5.74) is 5.38. The van der Waals surface area contributed by atoms with Gasteiger partial charge in [0.15, 0.2) is 0 Å². The number of aryl methyl sites for hydroxylation is 1. The molecule has 0 amide bonds. The van der Waals surface area contributed by atoms with E-state index < -0.39 is 0 Å². The molecule has 2 heterocycles. The van der Waals surface area contributed by atoms with Crippen molar-refractivity contribution in [1.82, 2.24) is 0 Å². The molecule has 3 unspecified atom stereocenters. The molecule has 2 fully saturated rings. The molecule has 2 nitrogen and oxygen atoms in total. The van der Waals surface area contributed by atoms with Gasteiger partial charge < -0.3 is 9.80 Å². The largest absolute Gasteiger partial charge is 0.349 e. The fourth-order valence-corrected chi connectivity index (χ4v) is 6.31. The summed E-state index contributed by atoms with van der Waals surface area (Å²) in [5, 5.41) is 0. The monoisotopic (exact) mass is 361 g/mol. The first-order valence-corrected chi connectivity index (χ1v) is 10.7. The third-order valence-electron chi connectivity index (χ3n) is 7.67. The molecular weight excluding hydrogens is 328 g/mol. The van der Waals surface area contributed by atoms with Crippen LogP contribution in [0.25, 0.3) is 0 Å². The summed E-state index contributed by atoms with van der Waals surface area (Å²) in [7, 11) is 0. The third-order valence-corrected chi connectivity index (χ3v) is 7.67. The van der Waals surface area contributed by atoms with Gasteiger partial charge >= 0.3 is 0 Å². The summed E-state index contributed by atoms with van der Waals surface area (Å²) in [5.74, 6) is 0.712. The van der Waals surface area contributed by atoms with Crippen LogP contribution in [0.1, 0.15) is 58.4 Å². The van der Waals surface area contributed by atoms with Crippen molar-refractivity contribution in [2.45, 2.75) is 70.4 Å². The molecular formula is C25H32N2. The average molecular weight is 362 g/mol. The van der Waals surface area contributed by atoms with Crippen LogP contribution in [-0.4, -0.2) is 18.7 Å². The average Bonchev–Trinajstić information content (AvgIpc) is 3.15. The maximum atomic E-state index is 9.25. The van der Waals surface area contributed by atoms with E-state index in [0.29, 0.717) is 18.0 Å². The highest BCUT2D eigenvalue weighted by atomic mass is 15.4. The first-order chi connectivity index (χ1) is 13.5. The Morgan fingerprint density at radius 3 is 2.33 bits per heavy atom. The molecule has 4 atom stereocenters. The molecule has 142 valence electrons. The minimum absolute atomic E-state index is 0.118. The van der Waals surface area contributed by atoms with Crippen molar-refractivity contribution in [2.75, 3.05) is 16.4 Å². The molecule has 2 aromatic carbocycles. The van der Waals surface area contributed by atoms with Crippen LogP contribution in [-0.2, 0) is 5.41 Å². The first kappa shape index (κ1) is 16.0. The van der Waals surface area contributed by atoms with Crippen LogP contribution >= 0.6 is 0 Å². The lowest BCUT2D eigenvalue weighted by molar-refractivity contribution is 0.191. The molecule has 1 saturated heterocycles. The Morgan fingerprint density at radius 1 is 0.926 bits per heavy atom. The number of benzene rings is 2. The minimum Gasteiger partial charge on any atom is -0.349 e. The van der Waals surface area contributed by atoms with Crippen LogP contribution in [0.15, 0.2) is 48.5 Å². The zero-order chi connectivity index (χ0) is 19.5. The van der Waals surface area contributed by atoms with E-state index in [-0.39, 0.29) is 12.1 Å². The fraction of sp³-hybridized carbons (Fsp3) is 0.520. The smallest absolute Gasteiger partial charge is 0.0910 e. The van der Waals surface area contributed by atoms with Gasteiger partial charge in [0.1, 0.15) is 0 Å². The van der Waals surface area contributed by atoms with E-state index in [9.17, 15) is 1.37 Å². The lowest BCUT2D eigenvalue weighted by Crippen LogP contribution is -2.50. The van der Waals surface area contributed by atoms with Crippen LogP contribution in [0.5, 0.6) is 0 Å². The Bertz CT molecular complexity index is 874. The van der Waals surface area contributed by atoms with Gasteiger partial charge in [0.2, 0.25) is 0 Å². The standard InChI is InChI=1S/C25H32N2/c1-18-11-7-9-15-22(18)26-17-27-23-16-10-8-14-21(23)25(3,24(27)19(26)2)20-12-5-4-6-13-20/h7-11,14-16,19-20,24H,4-6,12-13,17H2,1-3H3/t19-,24?,25?/m0/s1/i17D/t17?,19-,24?,25?. The molecule has 2 aromatic rings. The van der Waals surface area contributed by atoms with Gasteiger partial charge in [0, 0.05) is 22.8 Å². The second-order valence-electron chi connectivity index (χ2n) is 9.04. The van der Waals surface area contributed by atoms with Crippen LogP contribution in [0.4, 0.5) is 11.4 Å². The summed E-state index contributed by atoms with van der Waals surface area (Å²) in [6.45, 7) is 6.67. The molecule has 0 bridgehead atoms. The van der Waals surface area contributed by atoms with Gasteiger partial charge in [0.05, 0.1) is 14.1 Å². The van der Waals surface area contributed by atoms with Crippen molar-refractivity contribution in [2.24, 2.45) is 5.92 Å². The van der Waals surface area contributed by atoms with Crippen LogP contribution in [0.3, 0.4) is 0 Å². The van der Waals surface area contributed by atoms with E-state index in [4.69, 9.17) is 0 Å². The highest BCUT2D eigenvalue weighted by molar-refractivity contribution is 5.70. The Kier molecular flexibility index (Phi) is 3.74. The third kappa shape index (κ3) is 2.38. The van der Waals surface area contributed by atoms with Crippen molar-refractivity contribution in [3.63, 3.8) is 0 Å². The number of hydrogen-bond acceptors (Lipinski definition) is 2. The number of nitrogens with zero attached hydrogens (tertiary/aromatic N) is 2. The SMILES string of the molecule is [2H]C1N2c3ccccc3C(C)(C3CCCCC3)C2[C@H](C)N1c1ccccc1C. The van der Waals surface area contributed by atoms with Gasteiger partial charge in [-0.1, -0.05) is 62.6 Å². The van der Waals surface area contributed by atoms with Crippen LogP contribution in [0.2, 0.25) is 0 Å². The Labute approximate surface area is 165 Å². The maximum Gasteiger partial charge on any atom is 0.0910 e. The van der Waals surface area contributed by atoms with Crippen molar-refractivity contribution < 1.29 is 1.37 Å². The van der Waals surface area contributed by atoms with Gasteiger partial charge in [0.25, 0.3) is 0 Å². The van der Waals surface area contributed by atoms with E-state index >= 15 is 0 Å². The van der Waals surface area contributed by atoms with Crippen molar-refractivity contribution in [3.8, 4) is 0 Å². The summed E-state index contributed by atoms with van der Waals surface area (Å²) in [6.07, 6.45) is 6.75. The summed E-state index contributed by atoms with van der Waals surface area (Å²) < 4.78 is 9.25. The van der Waals surface area contributed by atoms with Crippen LogP contribution in [0, 0.1) is 12.8 Å². The number of hydrogen-bond donors (Lipinski definition) is 0. The fourth-order valence-electron chi connectivity index (χ4n) is 6.31. The van der Waals surface area contributed by atoms with Gasteiger partial charge in [-0.3, -0.25) is 0 Å². The van der Waals surface area contributed by atoms with E-state index in [1.807, 2.05) is 0 Å². The van der Waals surface area contributed by atoms with Crippen molar-refractivity contribution >= 4 is 11.4 Å². The molecule has 3 aliphatic rings. The quantitative estimate of drug-likeness (QED) is 0.658. The Balaban J connectivity index is 1.64. The summed E-state index contributed by atoms with van der Waals surface area (Å²) in [4.78, 5) is 4.79. The lowest BCUT2D eigenvalue weighted by atomic mass is 9.62. The molecule has 1 saturated carbocycles. The van der Waals surface area contributed by atoms with Crippen LogP contribution < -0.4 is 9.80 Å². The number of para-hydroxylation sites is 2. The minimum atomic E-state index is -0.368. The number of rotatable bonds is 2. The Morgan fingerprint density at radius 2 is 1.59 bits per heavy atom. The van der Waals surface area contributed by atoms with E-state index in [1.54, 1.807) is 0 Å². The zero-order valence-corrected chi connectivity index (χ0v) is 16.9. The Hall–Kier alpha value is -1.96. The predicted molar refractivity (Wildman–Crippen MR) is 115 cm³/mol. The van der Waals surface area contributed by atoms with E-state index in [2.05, 4.69) is 79.1 Å². The highest BCUT2D eigenvalue weighted by Crippen LogP contribution is 2.56. The normalized spacial score (nSPS) is 33.7. The molecule has 0 N–H and O–H groups in total. The van der Waals surface area contributed by atoms with Gasteiger partial charge in [-0.2, -0.15) is 0 Å². The first-order valence-electron chi connectivity index (χ1n) is 11.3. The molecule has 2 heteroatoms. The van der Waals surface area contributed by atoms with Gasteiger partial charge in [-0.15, -0.1) is 0 Å². The summed E-state index contributed by atoms with van der Waals surface area (Å²) in [6, 6.07) is 18.2. The second kappa shape index (κ2) is 6.29. The van der Waals surface area contributed by atoms with Gasteiger partial charge in [-0.25, -0.2) is 0 Å². The zero-order valence-electron chi connectivity index (χ0n) is 17.9. The lowest BCUT2D eigenvalue weighted by Gasteiger charge is -2.44. The van der Waals surface area contributed by atoms with E-state index in [1.165, 1.54) is 54.6 Å². The van der Waals surface area contributed by atoms with Crippen molar-refractivity contribution in [3.05, 3.63) is 59.7 Å². The molecule has 0 radical (unpaired) electrons. The molecule has 1 aliphatic carbocycles. The topological polar surface area (TPSA) is 6.48 Å². The maximum absolute atomic E-state index is 9.25.